The first-order chi connectivity index (χ1) is 9.42. The number of benzene rings is 2. The number of hydrogen-bond donors (Lipinski definition) is 1. The first-order valence-electron chi connectivity index (χ1n) is 7.05. The molecule has 2 aromatic rings. The van der Waals surface area contributed by atoms with Gasteiger partial charge in [-0.25, -0.2) is 0 Å². The fourth-order valence-electron chi connectivity index (χ4n) is 3.22. The third kappa shape index (κ3) is 2.38. The van der Waals surface area contributed by atoms with Gasteiger partial charge in [0.25, 0.3) is 0 Å². The van der Waals surface area contributed by atoms with Gasteiger partial charge in [-0.1, -0.05) is 30.3 Å². The van der Waals surface area contributed by atoms with Gasteiger partial charge in [0, 0.05) is 11.3 Å². The summed E-state index contributed by atoms with van der Waals surface area (Å²) in [6.45, 7) is 8.44. The Balaban J connectivity index is 0.00000161. The summed E-state index contributed by atoms with van der Waals surface area (Å²) in [6.07, 6.45) is 0. The van der Waals surface area contributed by atoms with Gasteiger partial charge in [-0.15, -0.1) is 12.4 Å². The van der Waals surface area contributed by atoms with Gasteiger partial charge in [0.2, 0.25) is 0 Å². The molecule has 2 nitrogen and oxygen atoms in total. The highest BCUT2D eigenvalue weighted by Gasteiger charge is 2.43. The minimum Gasteiger partial charge on any atom is -0.486 e. The Labute approximate surface area is 132 Å². The van der Waals surface area contributed by atoms with Gasteiger partial charge in [0.15, 0.2) is 0 Å². The maximum Gasteiger partial charge on any atom is 0.127 e. The molecule has 2 aromatic carbocycles. The largest absolute Gasteiger partial charge is 0.486 e. The molecule has 2 N–H and O–H groups in total. The van der Waals surface area contributed by atoms with Crippen LogP contribution in [0.15, 0.2) is 36.4 Å². The van der Waals surface area contributed by atoms with E-state index in [1.165, 1.54) is 11.1 Å². The van der Waals surface area contributed by atoms with Gasteiger partial charge < -0.3 is 10.5 Å². The molecule has 0 fully saturated rings. The van der Waals surface area contributed by atoms with Gasteiger partial charge in [0.1, 0.15) is 11.4 Å². The van der Waals surface area contributed by atoms with E-state index in [0.29, 0.717) is 0 Å². The summed E-state index contributed by atoms with van der Waals surface area (Å²) < 4.78 is 6.27. The summed E-state index contributed by atoms with van der Waals surface area (Å²) in [5.74, 6) is 1.23. The lowest BCUT2D eigenvalue weighted by molar-refractivity contribution is 0.121. The molecular formula is C18H22ClNO. The molecule has 1 aliphatic heterocycles. The summed E-state index contributed by atoms with van der Waals surface area (Å²) in [7, 11) is 0. The lowest BCUT2D eigenvalue weighted by atomic mass is 9.80. The van der Waals surface area contributed by atoms with Crippen molar-refractivity contribution in [2.75, 3.05) is 5.73 Å². The summed E-state index contributed by atoms with van der Waals surface area (Å²) >= 11 is 0. The molecule has 112 valence electrons. The van der Waals surface area contributed by atoms with Gasteiger partial charge in [-0.2, -0.15) is 0 Å². The Morgan fingerprint density at radius 3 is 2.29 bits per heavy atom. The number of fused-ring (bicyclic) bond motifs is 1. The van der Waals surface area contributed by atoms with Crippen LogP contribution in [-0.4, -0.2) is 5.60 Å². The van der Waals surface area contributed by atoms with Gasteiger partial charge in [-0.05, 0) is 50.5 Å². The van der Waals surface area contributed by atoms with Crippen LogP contribution in [-0.2, 0) is 0 Å². The Morgan fingerprint density at radius 2 is 1.67 bits per heavy atom. The Kier molecular flexibility index (Phi) is 3.94. The highest BCUT2D eigenvalue weighted by atomic mass is 35.5. The summed E-state index contributed by atoms with van der Waals surface area (Å²) in [5, 5.41) is 0. The number of halogens is 1. The van der Waals surface area contributed by atoms with E-state index in [2.05, 4.69) is 58.0 Å². The highest BCUT2D eigenvalue weighted by Crippen LogP contribution is 2.51. The van der Waals surface area contributed by atoms with Gasteiger partial charge in [0.05, 0.1) is 5.92 Å². The molecule has 3 heteroatoms. The zero-order valence-corrected chi connectivity index (χ0v) is 13.8. The summed E-state index contributed by atoms with van der Waals surface area (Å²) in [5.41, 5.74) is 11.5. The van der Waals surface area contributed by atoms with Crippen molar-refractivity contribution in [3.8, 4) is 5.75 Å². The molecule has 1 aliphatic rings. The van der Waals surface area contributed by atoms with Gasteiger partial charge in [-0.3, -0.25) is 0 Å². The molecule has 21 heavy (non-hydrogen) atoms. The molecule has 3 rings (SSSR count). The number of nitrogen functional groups attached to an aromatic ring is 1. The van der Waals surface area contributed by atoms with E-state index in [1.54, 1.807) is 0 Å². The number of hydrogen-bond acceptors (Lipinski definition) is 2. The molecule has 1 atom stereocenters. The normalized spacial score (nSPS) is 18.6. The van der Waals surface area contributed by atoms with Crippen molar-refractivity contribution < 1.29 is 4.74 Å². The molecule has 0 aromatic heterocycles. The predicted octanol–water partition coefficient (Wildman–Crippen LogP) is 4.61. The Hall–Kier alpha value is -1.67. The van der Waals surface area contributed by atoms with E-state index in [0.717, 1.165) is 22.6 Å². The van der Waals surface area contributed by atoms with Crippen LogP contribution < -0.4 is 10.5 Å². The first kappa shape index (κ1) is 15.7. The van der Waals surface area contributed by atoms with Crippen molar-refractivity contribution in [2.45, 2.75) is 39.2 Å². The second-order valence-electron chi connectivity index (χ2n) is 6.18. The van der Waals surface area contributed by atoms with Crippen LogP contribution in [0.25, 0.3) is 0 Å². The molecule has 0 radical (unpaired) electrons. The van der Waals surface area contributed by atoms with Crippen LogP contribution in [0.1, 0.15) is 42.0 Å². The van der Waals surface area contributed by atoms with Crippen LogP contribution in [0, 0.1) is 13.8 Å². The molecule has 1 heterocycles. The summed E-state index contributed by atoms with van der Waals surface area (Å²) in [4.78, 5) is 0. The second-order valence-corrected chi connectivity index (χ2v) is 6.18. The zero-order chi connectivity index (χ0) is 14.5. The third-order valence-electron chi connectivity index (χ3n) is 4.41. The lowest BCUT2D eigenvalue weighted by Gasteiger charge is -2.26. The van der Waals surface area contributed by atoms with Crippen molar-refractivity contribution in [1.29, 1.82) is 0 Å². The standard InChI is InChI=1S/C18H21NO.ClH/c1-11-12(2)17-14(10-15(11)19)16(18(3,4)20-17)13-8-6-5-7-9-13;/h5-10,16H,19H2,1-4H3;1H. The van der Waals surface area contributed by atoms with Crippen LogP contribution in [0.4, 0.5) is 5.69 Å². The van der Waals surface area contributed by atoms with E-state index < -0.39 is 0 Å². The minimum absolute atomic E-state index is 0. The maximum absolute atomic E-state index is 6.27. The molecular weight excluding hydrogens is 282 g/mol. The fourth-order valence-corrected chi connectivity index (χ4v) is 3.22. The van der Waals surface area contributed by atoms with Crippen LogP contribution in [0.3, 0.4) is 0 Å². The Bertz CT molecular complexity index is 665. The van der Waals surface area contributed by atoms with Crippen molar-refractivity contribution in [2.24, 2.45) is 0 Å². The maximum atomic E-state index is 6.27. The van der Waals surface area contributed by atoms with E-state index in [-0.39, 0.29) is 23.9 Å². The molecule has 0 spiro atoms. The minimum atomic E-state index is -0.255. The molecule has 0 bridgehead atoms. The van der Waals surface area contributed by atoms with E-state index >= 15 is 0 Å². The molecule has 0 aliphatic carbocycles. The van der Waals surface area contributed by atoms with Crippen molar-refractivity contribution in [3.63, 3.8) is 0 Å². The predicted molar refractivity (Wildman–Crippen MR) is 90.6 cm³/mol. The number of rotatable bonds is 1. The van der Waals surface area contributed by atoms with E-state index in [9.17, 15) is 0 Å². The number of anilines is 1. The van der Waals surface area contributed by atoms with Crippen molar-refractivity contribution >= 4 is 18.1 Å². The lowest BCUT2D eigenvalue weighted by Crippen LogP contribution is -2.30. The van der Waals surface area contributed by atoms with Crippen LogP contribution in [0.2, 0.25) is 0 Å². The fraction of sp³-hybridized carbons (Fsp3) is 0.333. The average molecular weight is 304 g/mol. The SMILES string of the molecule is Cc1c(N)cc2c(c1C)OC(C)(C)C2c1ccccc1.Cl. The Morgan fingerprint density at radius 1 is 1.05 bits per heavy atom. The van der Waals surface area contributed by atoms with Crippen LogP contribution >= 0.6 is 12.4 Å². The van der Waals surface area contributed by atoms with Crippen LogP contribution in [0.5, 0.6) is 5.75 Å². The monoisotopic (exact) mass is 303 g/mol. The zero-order valence-electron chi connectivity index (χ0n) is 12.9. The second kappa shape index (κ2) is 5.27. The molecule has 0 amide bonds. The quantitative estimate of drug-likeness (QED) is 0.781. The number of nitrogens with two attached hydrogens (primary N) is 1. The molecule has 1 unspecified atom stereocenters. The topological polar surface area (TPSA) is 35.2 Å². The number of ether oxygens (including phenoxy) is 1. The molecule has 0 saturated carbocycles. The first-order valence-corrected chi connectivity index (χ1v) is 7.05. The average Bonchev–Trinajstić information content (AvgIpc) is 2.68. The van der Waals surface area contributed by atoms with Crippen molar-refractivity contribution in [3.05, 3.63) is 58.7 Å². The summed E-state index contributed by atoms with van der Waals surface area (Å²) in [6, 6.07) is 12.6. The van der Waals surface area contributed by atoms with Crippen molar-refractivity contribution in [1.82, 2.24) is 0 Å². The van der Waals surface area contributed by atoms with E-state index in [4.69, 9.17) is 10.5 Å². The van der Waals surface area contributed by atoms with Gasteiger partial charge >= 0.3 is 0 Å². The smallest absolute Gasteiger partial charge is 0.127 e. The molecule has 0 saturated heterocycles. The third-order valence-corrected chi connectivity index (χ3v) is 4.41. The highest BCUT2D eigenvalue weighted by molar-refractivity contribution is 5.85. The van der Waals surface area contributed by atoms with E-state index in [1.807, 2.05) is 6.07 Å².